The highest BCUT2D eigenvalue weighted by Gasteiger charge is 2.08. The van der Waals surface area contributed by atoms with Gasteiger partial charge in [-0.15, -0.1) is 0 Å². The van der Waals surface area contributed by atoms with Gasteiger partial charge in [0.25, 0.3) is 5.91 Å². The first-order chi connectivity index (χ1) is 11.5. The van der Waals surface area contributed by atoms with Crippen LogP contribution in [0.5, 0.6) is 11.5 Å². The van der Waals surface area contributed by atoms with Crippen molar-refractivity contribution in [3.8, 4) is 11.5 Å². The Balaban J connectivity index is 1.84. The molecule has 0 saturated carbocycles. The van der Waals surface area contributed by atoms with E-state index >= 15 is 0 Å². The molecule has 0 aliphatic carbocycles. The Labute approximate surface area is 140 Å². The van der Waals surface area contributed by atoms with Gasteiger partial charge in [0.1, 0.15) is 0 Å². The van der Waals surface area contributed by atoms with Gasteiger partial charge in [-0.25, -0.2) is 4.79 Å². The molecule has 2 aromatic rings. The number of benzene rings is 2. The fraction of sp³-hybridized carbons (Fsp3) is 0.222. The number of hydrogen-bond donors (Lipinski definition) is 2. The Morgan fingerprint density at radius 3 is 2.42 bits per heavy atom. The van der Waals surface area contributed by atoms with Crippen LogP contribution >= 0.6 is 0 Å². The second kappa shape index (κ2) is 8.01. The Morgan fingerprint density at radius 1 is 1.08 bits per heavy atom. The van der Waals surface area contributed by atoms with Crippen molar-refractivity contribution in [3.63, 3.8) is 0 Å². The monoisotopic (exact) mass is 329 g/mol. The standard InChI is InChI=1S/C18H19NO5/c1-12-3-8-15(16(9-12)23-2)24-11-17(20)19-10-13-4-6-14(7-5-13)18(21)22/h3-9H,10-11H2,1-2H3,(H,19,20)(H,21,22). The largest absolute Gasteiger partial charge is 0.493 e. The molecular weight excluding hydrogens is 310 g/mol. The number of carbonyl (C=O) groups is 2. The van der Waals surface area contributed by atoms with Crippen molar-refractivity contribution in [2.75, 3.05) is 13.7 Å². The maximum atomic E-state index is 11.9. The summed E-state index contributed by atoms with van der Waals surface area (Å²) in [5.74, 6) is -0.179. The van der Waals surface area contributed by atoms with Gasteiger partial charge in [-0.1, -0.05) is 18.2 Å². The minimum absolute atomic E-state index is 0.132. The van der Waals surface area contributed by atoms with Gasteiger partial charge < -0.3 is 19.9 Å². The van der Waals surface area contributed by atoms with Crippen LogP contribution in [0.15, 0.2) is 42.5 Å². The van der Waals surface area contributed by atoms with E-state index in [-0.39, 0.29) is 18.1 Å². The molecule has 2 N–H and O–H groups in total. The smallest absolute Gasteiger partial charge is 0.335 e. The van der Waals surface area contributed by atoms with E-state index in [1.165, 1.54) is 12.1 Å². The summed E-state index contributed by atoms with van der Waals surface area (Å²) in [5.41, 5.74) is 2.05. The number of aryl methyl sites for hydroxylation is 1. The molecule has 0 spiro atoms. The predicted molar refractivity (Wildman–Crippen MR) is 88.5 cm³/mol. The number of nitrogens with one attached hydrogen (secondary N) is 1. The van der Waals surface area contributed by atoms with Crippen molar-refractivity contribution in [1.29, 1.82) is 0 Å². The van der Waals surface area contributed by atoms with Crippen molar-refractivity contribution in [3.05, 3.63) is 59.2 Å². The molecule has 1 amide bonds. The van der Waals surface area contributed by atoms with Gasteiger partial charge in [0.15, 0.2) is 18.1 Å². The summed E-state index contributed by atoms with van der Waals surface area (Å²) in [6.07, 6.45) is 0. The number of rotatable bonds is 7. The minimum atomic E-state index is -0.981. The molecule has 0 atom stereocenters. The molecule has 6 heteroatoms. The molecule has 0 radical (unpaired) electrons. The third kappa shape index (κ3) is 4.74. The fourth-order valence-corrected chi connectivity index (χ4v) is 2.05. The van der Waals surface area contributed by atoms with E-state index in [2.05, 4.69) is 5.32 Å². The summed E-state index contributed by atoms with van der Waals surface area (Å²) in [6, 6.07) is 11.8. The topological polar surface area (TPSA) is 84.9 Å². The number of carboxylic acids is 1. The van der Waals surface area contributed by atoms with Crippen molar-refractivity contribution in [2.45, 2.75) is 13.5 Å². The first-order valence-electron chi connectivity index (χ1n) is 7.36. The Kier molecular flexibility index (Phi) is 5.78. The highest BCUT2D eigenvalue weighted by molar-refractivity contribution is 5.87. The average molecular weight is 329 g/mol. The van der Waals surface area contributed by atoms with Crippen LogP contribution in [0.2, 0.25) is 0 Å². The Morgan fingerprint density at radius 2 is 1.79 bits per heavy atom. The lowest BCUT2D eigenvalue weighted by Crippen LogP contribution is -2.28. The van der Waals surface area contributed by atoms with Gasteiger partial charge in [-0.3, -0.25) is 4.79 Å². The second-order valence-electron chi connectivity index (χ2n) is 5.22. The van der Waals surface area contributed by atoms with Crippen LogP contribution in [0.25, 0.3) is 0 Å². The maximum absolute atomic E-state index is 11.9. The van der Waals surface area contributed by atoms with Crippen LogP contribution in [0.4, 0.5) is 0 Å². The summed E-state index contributed by atoms with van der Waals surface area (Å²) < 4.78 is 10.7. The first kappa shape index (κ1) is 17.3. The summed E-state index contributed by atoms with van der Waals surface area (Å²) in [7, 11) is 1.54. The third-order valence-corrected chi connectivity index (χ3v) is 3.37. The molecule has 6 nitrogen and oxygen atoms in total. The molecule has 0 fully saturated rings. The zero-order valence-corrected chi connectivity index (χ0v) is 13.5. The van der Waals surface area contributed by atoms with E-state index in [4.69, 9.17) is 14.6 Å². The van der Waals surface area contributed by atoms with E-state index in [9.17, 15) is 9.59 Å². The zero-order valence-electron chi connectivity index (χ0n) is 13.5. The molecular formula is C18H19NO5. The average Bonchev–Trinajstić information content (AvgIpc) is 2.59. The van der Waals surface area contributed by atoms with Crippen molar-refractivity contribution < 1.29 is 24.2 Å². The lowest BCUT2D eigenvalue weighted by atomic mass is 10.1. The molecule has 0 bridgehead atoms. The second-order valence-corrected chi connectivity index (χ2v) is 5.22. The number of carbonyl (C=O) groups excluding carboxylic acids is 1. The fourth-order valence-electron chi connectivity index (χ4n) is 2.05. The number of carboxylic acid groups (broad SMARTS) is 1. The minimum Gasteiger partial charge on any atom is -0.493 e. The number of ether oxygens (including phenoxy) is 2. The van der Waals surface area contributed by atoms with Crippen LogP contribution in [0, 0.1) is 6.92 Å². The molecule has 0 aromatic heterocycles. The third-order valence-electron chi connectivity index (χ3n) is 3.37. The van der Waals surface area contributed by atoms with Crippen molar-refractivity contribution in [2.24, 2.45) is 0 Å². The van der Waals surface area contributed by atoms with Gasteiger partial charge in [0.05, 0.1) is 12.7 Å². The molecule has 0 saturated heterocycles. The predicted octanol–water partition coefficient (Wildman–Crippen LogP) is 2.40. The molecule has 24 heavy (non-hydrogen) atoms. The molecule has 0 unspecified atom stereocenters. The van der Waals surface area contributed by atoms with E-state index < -0.39 is 5.97 Å². The van der Waals surface area contributed by atoms with Crippen LogP contribution in [0.1, 0.15) is 21.5 Å². The molecule has 0 heterocycles. The number of hydrogen-bond acceptors (Lipinski definition) is 4. The van der Waals surface area contributed by atoms with Crippen LogP contribution in [0.3, 0.4) is 0 Å². The van der Waals surface area contributed by atoms with Crippen LogP contribution in [-0.4, -0.2) is 30.7 Å². The van der Waals surface area contributed by atoms with Gasteiger partial charge in [-0.2, -0.15) is 0 Å². The summed E-state index contributed by atoms with van der Waals surface area (Å²) >= 11 is 0. The molecule has 2 aromatic carbocycles. The van der Waals surface area contributed by atoms with Gasteiger partial charge in [-0.05, 0) is 42.3 Å². The van der Waals surface area contributed by atoms with Crippen molar-refractivity contribution in [1.82, 2.24) is 5.32 Å². The van der Waals surface area contributed by atoms with Crippen LogP contribution < -0.4 is 14.8 Å². The first-order valence-corrected chi connectivity index (χ1v) is 7.36. The zero-order chi connectivity index (χ0) is 17.5. The SMILES string of the molecule is COc1cc(C)ccc1OCC(=O)NCc1ccc(C(=O)O)cc1. The van der Waals surface area contributed by atoms with Crippen molar-refractivity contribution >= 4 is 11.9 Å². The molecule has 2 rings (SSSR count). The highest BCUT2D eigenvalue weighted by atomic mass is 16.5. The quantitative estimate of drug-likeness (QED) is 0.815. The van der Waals surface area contributed by atoms with Crippen LogP contribution in [-0.2, 0) is 11.3 Å². The number of amides is 1. The van der Waals surface area contributed by atoms with Gasteiger partial charge >= 0.3 is 5.97 Å². The number of methoxy groups -OCH3 is 1. The van der Waals surface area contributed by atoms with Gasteiger partial charge in [0, 0.05) is 6.54 Å². The highest BCUT2D eigenvalue weighted by Crippen LogP contribution is 2.27. The molecule has 0 aliphatic heterocycles. The lowest BCUT2D eigenvalue weighted by Gasteiger charge is -2.11. The number of aromatic carboxylic acids is 1. The Hall–Kier alpha value is -3.02. The van der Waals surface area contributed by atoms with E-state index in [1.807, 2.05) is 19.1 Å². The summed E-state index contributed by atoms with van der Waals surface area (Å²) in [6.45, 7) is 2.11. The van der Waals surface area contributed by atoms with E-state index in [0.717, 1.165) is 11.1 Å². The lowest BCUT2D eigenvalue weighted by molar-refractivity contribution is -0.123. The summed E-state index contributed by atoms with van der Waals surface area (Å²) in [4.78, 5) is 22.6. The molecule has 126 valence electrons. The van der Waals surface area contributed by atoms with E-state index in [1.54, 1.807) is 25.3 Å². The normalized spacial score (nSPS) is 10.1. The maximum Gasteiger partial charge on any atom is 0.335 e. The van der Waals surface area contributed by atoms with Gasteiger partial charge in [0.2, 0.25) is 0 Å². The Bertz CT molecular complexity index is 725. The summed E-state index contributed by atoms with van der Waals surface area (Å²) in [5, 5.41) is 11.5. The van der Waals surface area contributed by atoms with E-state index in [0.29, 0.717) is 18.0 Å². The molecule has 0 aliphatic rings.